The molecule has 17 heavy (non-hydrogen) atoms. The van der Waals surface area contributed by atoms with Crippen molar-refractivity contribution in [2.24, 2.45) is 0 Å². The molecule has 2 rings (SSSR count). The Kier molecular flexibility index (Phi) is 3.40. The molecule has 1 heterocycles. The number of rotatable bonds is 4. The maximum Gasteiger partial charge on any atom is 0.195 e. The second-order valence-electron chi connectivity index (χ2n) is 3.80. The van der Waals surface area contributed by atoms with E-state index in [0.717, 1.165) is 6.42 Å². The lowest BCUT2D eigenvalue weighted by Gasteiger charge is -1.95. The zero-order valence-electron chi connectivity index (χ0n) is 9.31. The van der Waals surface area contributed by atoms with Crippen molar-refractivity contribution in [3.8, 4) is 0 Å². The van der Waals surface area contributed by atoms with Crippen LogP contribution in [-0.4, -0.2) is 25.5 Å². The van der Waals surface area contributed by atoms with E-state index in [-0.39, 0.29) is 4.90 Å². The number of hydrogen-bond donors (Lipinski definition) is 0. The summed E-state index contributed by atoms with van der Waals surface area (Å²) in [5.41, 5.74) is 1.17. The third-order valence-corrected chi connectivity index (χ3v) is 3.73. The van der Waals surface area contributed by atoms with Crippen LogP contribution >= 0.6 is 11.6 Å². The van der Waals surface area contributed by atoms with Gasteiger partial charge >= 0.3 is 0 Å². The average molecular weight is 274 g/mol. The zero-order chi connectivity index (χ0) is 12.5. The Labute approximate surface area is 105 Å². The first-order chi connectivity index (χ1) is 8.00. The van der Waals surface area contributed by atoms with Crippen molar-refractivity contribution in [3.05, 3.63) is 24.1 Å². The van der Waals surface area contributed by atoms with Crippen LogP contribution in [0.3, 0.4) is 0 Å². The van der Waals surface area contributed by atoms with Gasteiger partial charge in [0.1, 0.15) is 5.52 Å². The van der Waals surface area contributed by atoms with E-state index >= 15 is 0 Å². The SMILES string of the molecule is CS(=O)(=O)c1ccc2oc(CCCCl)nc2c1. The summed E-state index contributed by atoms with van der Waals surface area (Å²) in [6, 6.07) is 4.68. The van der Waals surface area contributed by atoms with E-state index in [0.29, 0.717) is 29.3 Å². The second kappa shape index (κ2) is 4.66. The fraction of sp³-hybridized carbons (Fsp3) is 0.364. The highest BCUT2D eigenvalue weighted by molar-refractivity contribution is 7.90. The number of fused-ring (bicyclic) bond motifs is 1. The largest absolute Gasteiger partial charge is 0.441 e. The lowest BCUT2D eigenvalue weighted by molar-refractivity contribution is 0.526. The Morgan fingerprint density at radius 3 is 2.82 bits per heavy atom. The topological polar surface area (TPSA) is 60.2 Å². The smallest absolute Gasteiger partial charge is 0.195 e. The quantitative estimate of drug-likeness (QED) is 0.803. The summed E-state index contributed by atoms with van der Waals surface area (Å²) in [6.45, 7) is 0. The number of aromatic nitrogens is 1. The molecule has 0 spiro atoms. The molecular formula is C11H12ClNO3S. The predicted octanol–water partition coefficient (Wildman–Crippen LogP) is 2.40. The zero-order valence-corrected chi connectivity index (χ0v) is 10.9. The van der Waals surface area contributed by atoms with Crippen molar-refractivity contribution < 1.29 is 12.8 Å². The van der Waals surface area contributed by atoms with Gasteiger partial charge in [0.2, 0.25) is 0 Å². The molecule has 0 aliphatic carbocycles. The monoisotopic (exact) mass is 273 g/mol. The van der Waals surface area contributed by atoms with Gasteiger partial charge in [-0.2, -0.15) is 0 Å². The van der Waals surface area contributed by atoms with Crippen molar-refractivity contribution in [2.45, 2.75) is 17.7 Å². The third kappa shape index (κ3) is 2.79. The van der Waals surface area contributed by atoms with Gasteiger partial charge in [-0.3, -0.25) is 0 Å². The lowest BCUT2D eigenvalue weighted by Crippen LogP contribution is -1.96. The Hall–Kier alpha value is -1.07. The van der Waals surface area contributed by atoms with Gasteiger partial charge < -0.3 is 4.42 Å². The molecule has 4 nitrogen and oxygen atoms in total. The van der Waals surface area contributed by atoms with Crippen LogP contribution in [0.4, 0.5) is 0 Å². The first kappa shape index (κ1) is 12.4. The minimum Gasteiger partial charge on any atom is -0.441 e. The summed E-state index contributed by atoms with van der Waals surface area (Å²) in [4.78, 5) is 4.49. The van der Waals surface area contributed by atoms with Crippen LogP contribution in [0, 0.1) is 0 Å². The highest BCUT2D eigenvalue weighted by Gasteiger charge is 2.11. The Morgan fingerprint density at radius 2 is 2.18 bits per heavy atom. The van der Waals surface area contributed by atoms with E-state index < -0.39 is 9.84 Å². The summed E-state index contributed by atoms with van der Waals surface area (Å²) in [7, 11) is -3.20. The van der Waals surface area contributed by atoms with Gasteiger partial charge in [-0.25, -0.2) is 13.4 Å². The van der Waals surface area contributed by atoms with Crippen molar-refractivity contribution >= 4 is 32.5 Å². The van der Waals surface area contributed by atoms with Crippen LogP contribution in [-0.2, 0) is 16.3 Å². The van der Waals surface area contributed by atoms with Crippen LogP contribution < -0.4 is 0 Å². The number of oxazole rings is 1. The first-order valence-corrected chi connectivity index (χ1v) is 7.59. The maximum absolute atomic E-state index is 11.4. The fourth-order valence-corrected chi connectivity index (χ4v) is 2.29. The van der Waals surface area contributed by atoms with E-state index in [9.17, 15) is 8.42 Å². The highest BCUT2D eigenvalue weighted by Crippen LogP contribution is 2.20. The molecule has 0 radical (unpaired) electrons. The molecule has 0 saturated heterocycles. The first-order valence-electron chi connectivity index (χ1n) is 5.16. The predicted molar refractivity (Wildman–Crippen MR) is 66.2 cm³/mol. The Morgan fingerprint density at radius 1 is 1.41 bits per heavy atom. The van der Waals surface area contributed by atoms with Gasteiger partial charge in [0.15, 0.2) is 21.3 Å². The Bertz CT molecular complexity index is 633. The van der Waals surface area contributed by atoms with Gasteiger partial charge in [0, 0.05) is 18.6 Å². The number of aryl methyl sites for hydroxylation is 1. The van der Waals surface area contributed by atoms with Crippen LogP contribution in [0.25, 0.3) is 11.1 Å². The van der Waals surface area contributed by atoms with Crippen LogP contribution in [0.2, 0.25) is 0 Å². The lowest BCUT2D eigenvalue weighted by atomic mass is 10.3. The highest BCUT2D eigenvalue weighted by atomic mass is 35.5. The van der Waals surface area contributed by atoms with Gasteiger partial charge in [-0.15, -0.1) is 11.6 Å². The van der Waals surface area contributed by atoms with Gasteiger partial charge in [-0.05, 0) is 24.6 Å². The van der Waals surface area contributed by atoms with Gasteiger partial charge in [0.25, 0.3) is 0 Å². The standard InChI is InChI=1S/C11H12ClNO3S/c1-17(14,15)8-4-5-10-9(7-8)13-11(16-10)3-2-6-12/h4-5,7H,2-3,6H2,1H3. The van der Waals surface area contributed by atoms with Crippen LogP contribution in [0.15, 0.2) is 27.5 Å². The number of sulfone groups is 1. The molecule has 0 N–H and O–H groups in total. The summed E-state index contributed by atoms with van der Waals surface area (Å²) in [5.74, 6) is 1.14. The molecule has 0 aliphatic heterocycles. The van der Waals surface area contributed by atoms with Crippen molar-refractivity contribution in [1.29, 1.82) is 0 Å². The molecule has 0 amide bonds. The summed E-state index contributed by atoms with van der Waals surface area (Å²) < 4.78 is 28.2. The molecule has 1 aromatic carbocycles. The van der Waals surface area contributed by atoms with Crippen molar-refractivity contribution in [3.63, 3.8) is 0 Å². The molecule has 0 aliphatic rings. The van der Waals surface area contributed by atoms with Crippen LogP contribution in [0.5, 0.6) is 0 Å². The number of hydrogen-bond acceptors (Lipinski definition) is 4. The molecule has 6 heteroatoms. The average Bonchev–Trinajstić information content (AvgIpc) is 2.66. The van der Waals surface area contributed by atoms with E-state index in [4.69, 9.17) is 16.0 Å². The number of benzene rings is 1. The summed E-state index contributed by atoms with van der Waals surface area (Å²) >= 11 is 5.59. The van der Waals surface area contributed by atoms with E-state index in [1.54, 1.807) is 6.07 Å². The fourth-order valence-electron chi connectivity index (χ4n) is 1.51. The third-order valence-electron chi connectivity index (χ3n) is 2.36. The molecule has 92 valence electrons. The number of alkyl halides is 1. The molecule has 1 aromatic heterocycles. The van der Waals surface area contributed by atoms with Crippen molar-refractivity contribution in [2.75, 3.05) is 12.1 Å². The molecule has 0 unspecified atom stereocenters. The number of nitrogens with zero attached hydrogens (tertiary/aromatic N) is 1. The second-order valence-corrected chi connectivity index (χ2v) is 6.20. The molecule has 0 bridgehead atoms. The minimum atomic E-state index is -3.20. The van der Waals surface area contributed by atoms with Gasteiger partial charge in [0.05, 0.1) is 4.90 Å². The van der Waals surface area contributed by atoms with Gasteiger partial charge in [-0.1, -0.05) is 0 Å². The maximum atomic E-state index is 11.4. The molecule has 2 aromatic rings. The van der Waals surface area contributed by atoms with Crippen LogP contribution in [0.1, 0.15) is 12.3 Å². The summed E-state index contributed by atoms with van der Waals surface area (Å²) in [5, 5.41) is 0. The normalized spacial score (nSPS) is 12.1. The number of halogens is 1. The van der Waals surface area contributed by atoms with Crippen molar-refractivity contribution in [1.82, 2.24) is 4.98 Å². The van der Waals surface area contributed by atoms with E-state index in [1.165, 1.54) is 18.4 Å². The van der Waals surface area contributed by atoms with E-state index in [2.05, 4.69) is 4.98 Å². The van der Waals surface area contributed by atoms with E-state index in [1.807, 2.05) is 0 Å². The molecule has 0 fully saturated rings. The molecule has 0 atom stereocenters. The molecule has 0 saturated carbocycles. The molecular weight excluding hydrogens is 262 g/mol. The Balaban J connectivity index is 2.41. The summed E-state index contributed by atoms with van der Waals surface area (Å²) in [6.07, 6.45) is 2.61. The minimum absolute atomic E-state index is 0.252.